The topological polar surface area (TPSA) is 195 Å². The molecule has 1 unspecified atom stereocenters. The third-order valence-electron chi connectivity index (χ3n) is 7.69. The number of aliphatic hydroxyl groups is 1. The number of anilines is 1. The van der Waals surface area contributed by atoms with Crippen molar-refractivity contribution in [2.75, 3.05) is 32.1 Å². The minimum atomic E-state index is -4.37. The number of nitrogens with zero attached hydrogens (tertiary/aromatic N) is 4. The first-order chi connectivity index (χ1) is 22.2. The Bertz CT molecular complexity index is 1810. The molecular formula is C32H34N4O10S. The van der Waals surface area contributed by atoms with E-state index in [2.05, 4.69) is 4.98 Å². The number of methoxy groups -OCH3 is 1. The van der Waals surface area contributed by atoms with Crippen LogP contribution in [0.2, 0.25) is 0 Å². The lowest BCUT2D eigenvalue weighted by molar-refractivity contribution is -0.138. The van der Waals surface area contributed by atoms with E-state index in [0.29, 0.717) is 17.7 Å². The fraction of sp³-hybridized carbons (Fsp3) is 0.281. The van der Waals surface area contributed by atoms with Crippen LogP contribution in [0, 0.1) is 6.92 Å². The highest BCUT2D eigenvalue weighted by atomic mass is 32.2. The Morgan fingerprint density at radius 3 is 2.21 bits per heavy atom. The molecule has 0 bridgehead atoms. The maximum Gasteiger partial charge on any atom is 0.328 e. The first kappa shape index (κ1) is 34.7. The van der Waals surface area contributed by atoms with E-state index < -0.39 is 45.6 Å². The van der Waals surface area contributed by atoms with Crippen LogP contribution in [0.5, 0.6) is 5.88 Å². The van der Waals surface area contributed by atoms with Crippen LogP contribution in [0.1, 0.15) is 23.1 Å². The summed E-state index contributed by atoms with van der Waals surface area (Å²) in [7, 11) is 0.242. The number of likely N-dealkylation sites (tertiary alicyclic amines) is 1. The number of carboxylic acids is 2. The van der Waals surface area contributed by atoms with Gasteiger partial charge in [0.2, 0.25) is 11.8 Å². The highest BCUT2D eigenvalue weighted by molar-refractivity contribution is 7.93. The number of aliphatic carboxylic acids is 2. The van der Waals surface area contributed by atoms with E-state index in [0.717, 1.165) is 9.87 Å². The number of hydrogen-bond donors (Lipinski definition) is 3. The first-order valence-corrected chi connectivity index (χ1v) is 15.7. The molecule has 2 aromatic carbocycles. The van der Waals surface area contributed by atoms with Crippen molar-refractivity contribution >= 4 is 39.5 Å². The van der Waals surface area contributed by atoms with E-state index in [4.69, 9.17) is 14.9 Å². The van der Waals surface area contributed by atoms with E-state index in [1.54, 1.807) is 67.5 Å². The zero-order chi connectivity index (χ0) is 34.7. The van der Waals surface area contributed by atoms with Crippen molar-refractivity contribution in [1.29, 1.82) is 0 Å². The van der Waals surface area contributed by atoms with E-state index in [-0.39, 0.29) is 40.9 Å². The molecule has 3 atom stereocenters. The van der Waals surface area contributed by atoms with Gasteiger partial charge in [-0.15, -0.1) is 0 Å². The van der Waals surface area contributed by atoms with Gasteiger partial charge in [-0.05, 0) is 43.7 Å². The summed E-state index contributed by atoms with van der Waals surface area (Å²) < 4.78 is 34.6. The van der Waals surface area contributed by atoms with Crippen molar-refractivity contribution in [3.8, 4) is 5.88 Å². The number of sulfonamides is 1. The van der Waals surface area contributed by atoms with Gasteiger partial charge in [-0.25, -0.2) is 27.3 Å². The van der Waals surface area contributed by atoms with Crippen LogP contribution < -0.4 is 9.04 Å². The van der Waals surface area contributed by atoms with E-state index in [1.807, 2.05) is 6.92 Å². The number of likely N-dealkylation sites (N-methyl/N-ethyl adjacent to an activating group) is 1. The van der Waals surface area contributed by atoms with Crippen molar-refractivity contribution in [1.82, 2.24) is 14.8 Å². The number of fused-ring (bicyclic) bond motifs is 1. The van der Waals surface area contributed by atoms with Gasteiger partial charge in [0.05, 0.1) is 29.8 Å². The lowest BCUT2D eigenvalue weighted by atomic mass is 9.81. The van der Waals surface area contributed by atoms with Gasteiger partial charge in [-0.3, -0.25) is 14.5 Å². The van der Waals surface area contributed by atoms with Crippen LogP contribution in [0.3, 0.4) is 0 Å². The standard InChI is InChI=1S/C28H30N4O6S.C4H4O4/c1-18-12-13-23-22(15-18)28(21-11-8-14-29-25(21)38-4,31-17-19(33)16-24(31)26(34)30(2)3)27(35)32(23)39(36,37)20-9-6-5-7-10-20;5-3(6)1-2-4(7)8/h5-15,19,24,33H,16-17H2,1-4H3;1-2H,(H,5,6)(H,7,8)/t19-,24+,28?;/m1./s1. The minimum absolute atomic E-state index is 0.0544. The van der Waals surface area contributed by atoms with E-state index in [1.165, 1.54) is 30.3 Å². The smallest absolute Gasteiger partial charge is 0.328 e. The minimum Gasteiger partial charge on any atom is -0.481 e. The van der Waals surface area contributed by atoms with Crippen LogP contribution in [-0.2, 0) is 34.7 Å². The number of rotatable bonds is 8. The number of benzene rings is 2. The fourth-order valence-corrected chi connectivity index (χ4v) is 7.29. The van der Waals surface area contributed by atoms with Crippen molar-refractivity contribution in [2.24, 2.45) is 0 Å². The molecule has 2 aliphatic rings. The van der Waals surface area contributed by atoms with Crippen LogP contribution in [0.25, 0.3) is 0 Å². The van der Waals surface area contributed by atoms with Gasteiger partial charge in [0, 0.05) is 50.1 Å². The first-order valence-electron chi connectivity index (χ1n) is 14.2. The molecule has 0 spiro atoms. The molecule has 5 rings (SSSR count). The molecule has 0 radical (unpaired) electrons. The van der Waals surface area contributed by atoms with Gasteiger partial charge < -0.3 is 25.0 Å². The van der Waals surface area contributed by atoms with Gasteiger partial charge in [-0.2, -0.15) is 0 Å². The monoisotopic (exact) mass is 666 g/mol. The number of carbonyl (C=O) groups excluding carboxylic acids is 2. The van der Waals surface area contributed by atoms with Gasteiger partial charge >= 0.3 is 11.9 Å². The second kappa shape index (κ2) is 13.7. The summed E-state index contributed by atoms with van der Waals surface area (Å²) >= 11 is 0. The van der Waals surface area contributed by atoms with Gasteiger partial charge in [0.1, 0.15) is 0 Å². The molecule has 0 aliphatic carbocycles. The summed E-state index contributed by atoms with van der Waals surface area (Å²) in [4.78, 5) is 54.8. The molecule has 3 N–H and O–H groups in total. The maximum absolute atomic E-state index is 14.9. The number of carbonyl (C=O) groups is 4. The van der Waals surface area contributed by atoms with E-state index in [9.17, 15) is 32.7 Å². The lowest BCUT2D eigenvalue weighted by Crippen LogP contribution is -2.59. The Kier molecular flexibility index (Phi) is 10.1. The molecule has 2 aliphatic heterocycles. The zero-order valence-corrected chi connectivity index (χ0v) is 26.8. The van der Waals surface area contributed by atoms with Crippen molar-refractivity contribution in [2.45, 2.75) is 35.9 Å². The molecule has 1 aromatic heterocycles. The lowest BCUT2D eigenvalue weighted by Gasteiger charge is -2.41. The summed E-state index contributed by atoms with van der Waals surface area (Å²) in [5.74, 6) is -3.53. The summed E-state index contributed by atoms with van der Waals surface area (Å²) in [5, 5.41) is 26.5. The predicted molar refractivity (Wildman–Crippen MR) is 168 cm³/mol. The third kappa shape index (κ3) is 6.45. The fourth-order valence-electron chi connectivity index (χ4n) is 5.81. The van der Waals surface area contributed by atoms with Gasteiger partial charge in [0.15, 0.2) is 5.54 Å². The number of aromatic nitrogens is 1. The number of amides is 2. The Labute approximate surface area is 271 Å². The average Bonchev–Trinajstić information content (AvgIpc) is 3.54. The molecular weight excluding hydrogens is 632 g/mol. The van der Waals surface area contributed by atoms with Crippen molar-refractivity contribution in [3.05, 3.63) is 95.7 Å². The van der Waals surface area contributed by atoms with E-state index >= 15 is 0 Å². The second-order valence-electron chi connectivity index (χ2n) is 11.0. The van der Waals surface area contributed by atoms with Crippen LogP contribution >= 0.6 is 0 Å². The molecule has 47 heavy (non-hydrogen) atoms. The number of aliphatic hydroxyl groups excluding tert-OH is 1. The number of β-amino-alcohol motifs (C(OH)–C–C–N with tert-alkyl or cyclic N) is 1. The molecule has 248 valence electrons. The van der Waals surface area contributed by atoms with Crippen LogP contribution in [-0.4, -0.2) is 102 Å². The van der Waals surface area contributed by atoms with Gasteiger partial charge in [-0.1, -0.05) is 35.9 Å². The number of ether oxygens (including phenoxy) is 1. The van der Waals surface area contributed by atoms with Crippen molar-refractivity contribution in [3.63, 3.8) is 0 Å². The van der Waals surface area contributed by atoms with Crippen LogP contribution in [0.15, 0.2) is 83.9 Å². The second-order valence-corrected chi connectivity index (χ2v) is 12.8. The molecule has 1 fully saturated rings. The largest absolute Gasteiger partial charge is 0.481 e. The highest BCUT2D eigenvalue weighted by Crippen LogP contribution is 2.54. The molecule has 3 heterocycles. The third-order valence-corrected chi connectivity index (χ3v) is 9.41. The summed E-state index contributed by atoms with van der Waals surface area (Å²) in [6, 6.07) is 15.2. The highest BCUT2D eigenvalue weighted by Gasteiger charge is 2.64. The molecule has 0 saturated carbocycles. The molecule has 2 amide bonds. The number of aryl methyl sites for hydroxylation is 1. The van der Waals surface area contributed by atoms with Gasteiger partial charge in [0.25, 0.3) is 15.9 Å². The Hall–Kier alpha value is -5.12. The number of carboxylic acid groups (broad SMARTS) is 2. The SMILES string of the molecule is COc1ncccc1C1(N2C[C@H](O)C[C@H]2C(=O)N(C)C)C(=O)N(S(=O)(=O)c2ccccc2)c2ccc(C)cc21.O=C(O)C=CC(=O)O. The predicted octanol–water partition coefficient (Wildman–Crippen LogP) is 1.61. The normalized spacial score (nSPS) is 20.8. The average molecular weight is 667 g/mol. The summed E-state index contributed by atoms with van der Waals surface area (Å²) in [6.45, 7) is 1.78. The Balaban J connectivity index is 0.000000555. The quantitative estimate of drug-likeness (QED) is 0.295. The zero-order valence-electron chi connectivity index (χ0n) is 26.0. The maximum atomic E-state index is 14.9. The van der Waals surface area contributed by atoms with Crippen LogP contribution in [0.4, 0.5) is 5.69 Å². The Morgan fingerprint density at radius 1 is 1.00 bits per heavy atom. The molecule has 15 heteroatoms. The summed E-state index contributed by atoms with van der Waals surface area (Å²) in [6.07, 6.45) is 1.76. The summed E-state index contributed by atoms with van der Waals surface area (Å²) in [5.41, 5.74) is -0.248. The Morgan fingerprint density at radius 2 is 1.64 bits per heavy atom. The molecule has 1 saturated heterocycles. The molecule has 3 aromatic rings. The van der Waals surface area contributed by atoms with Crippen molar-refractivity contribution < 1.29 is 47.7 Å². The number of pyridine rings is 1. The number of hydrogen-bond acceptors (Lipinski definition) is 10. The molecule has 14 nitrogen and oxygen atoms in total.